The number of carbonyl (C=O) groups excluding carboxylic acids is 2. The predicted octanol–water partition coefficient (Wildman–Crippen LogP) is 4.05. The number of hydrogen-bond acceptors (Lipinski definition) is 5. The molecule has 0 bridgehead atoms. The SMILES string of the molecule is C=CCOc1ccc(/C=C/C(=O)OCC(=O)Nc2ccc(OC(F)F)cc2)cc1. The van der Waals surface area contributed by atoms with Crippen molar-refractivity contribution in [2.24, 2.45) is 0 Å². The average Bonchev–Trinajstić information content (AvgIpc) is 2.71. The van der Waals surface area contributed by atoms with Crippen LogP contribution in [0.5, 0.6) is 11.5 Å². The molecule has 2 rings (SSSR count). The molecule has 0 radical (unpaired) electrons. The van der Waals surface area contributed by atoms with Crippen molar-refractivity contribution >= 4 is 23.6 Å². The van der Waals surface area contributed by atoms with E-state index in [1.807, 2.05) is 0 Å². The maximum atomic E-state index is 12.1. The lowest BCUT2D eigenvalue weighted by atomic mass is 10.2. The van der Waals surface area contributed by atoms with Gasteiger partial charge in [-0.15, -0.1) is 0 Å². The summed E-state index contributed by atoms with van der Waals surface area (Å²) in [7, 11) is 0. The third kappa shape index (κ3) is 8.25. The number of benzene rings is 2. The van der Waals surface area contributed by atoms with Crippen LogP contribution in [0.1, 0.15) is 5.56 Å². The fourth-order valence-electron chi connectivity index (χ4n) is 2.10. The minimum atomic E-state index is -2.92. The highest BCUT2D eigenvalue weighted by Crippen LogP contribution is 2.17. The second-order valence-electron chi connectivity index (χ2n) is 5.56. The van der Waals surface area contributed by atoms with Gasteiger partial charge in [0.15, 0.2) is 6.61 Å². The first-order chi connectivity index (χ1) is 14.0. The number of rotatable bonds is 10. The van der Waals surface area contributed by atoms with Crippen LogP contribution in [0.2, 0.25) is 0 Å². The van der Waals surface area contributed by atoms with Crippen LogP contribution in [0.15, 0.2) is 67.3 Å². The van der Waals surface area contributed by atoms with Gasteiger partial charge in [-0.05, 0) is 48.0 Å². The zero-order chi connectivity index (χ0) is 21.1. The molecule has 0 aliphatic heterocycles. The maximum absolute atomic E-state index is 12.1. The summed E-state index contributed by atoms with van der Waals surface area (Å²) in [6.45, 7) is 0.544. The largest absolute Gasteiger partial charge is 0.490 e. The third-order valence-corrected chi connectivity index (χ3v) is 3.37. The first-order valence-corrected chi connectivity index (χ1v) is 8.49. The van der Waals surface area contributed by atoms with Crippen molar-refractivity contribution in [3.05, 3.63) is 72.8 Å². The van der Waals surface area contributed by atoms with Gasteiger partial charge in [-0.1, -0.05) is 24.8 Å². The molecule has 0 aliphatic rings. The Morgan fingerprint density at radius 1 is 1.03 bits per heavy atom. The van der Waals surface area contributed by atoms with E-state index >= 15 is 0 Å². The molecule has 1 amide bonds. The molecular formula is C21H19F2NO5. The number of amides is 1. The fourth-order valence-corrected chi connectivity index (χ4v) is 2.10. The van der Waals surface area contributed by atoms with Gasteiger partial charge in [0.05, 0.1) is 0 Å². The Bertz CT molecular complexity index is 848. The Kier molecular flexibility index (Phi) is 8.37. The van der Waals surface area contributed by atoms with Gasteiger partial charge in [-0.25, -0.2) is 4.79 Å². The molecule has 8 heteroatoms. The molecule has 1 N–H and O–H groups in total. The van der Waals surface area contributed by atoms with Crippen molar-refractivity contribution in [2.45, 2.75) is 6.61 Å². The molecular weight excluding hydrogens is 384 g/mol. The zero-order valence-corrected chi connectivity index (χ0v) is 15.3. The number of hydrogen-bond donors (Lipinski definition) is 1. The number of halogens is 2. The van der Waals surface area contributed by atoms with Crippen molar-refractivity contribution < 1.29 is 32.6 Å². The summed E-state index contributed by atoms with van der Waals surface area (Å²) in [6.07, 6.45) is 4.37. The summed E-state index contributed by atoms with van der Waals surface area (Å²) >= 11 is 0. The first-order valence-electron chi connectivity index (χ1n) is 8.49. The lowest BCUT2D eigenvalue weighted by Crippen LogP contribution is -2.20. The number of carbonyl (C=O) groups is 2. The van der Waals surface area contributed by atoms with E-state index in [0.717, 1.165) is 5.56 Å². The molecule has 152 valence electrons. The number of nitrogens with one attached hydrogen (secondary N) is 1. The van der Waals surface area contributed by atoms with Crippen molar-refractivity contribution in [2.75, 3.05) is 18.5 Å². The van der Waals surface area contributed by atoms with E-state index in [2.05, 4.69) is 16.6 Å². The van der Waals surface area contributed by atoms with Crippen molar-refractivity contribution in [1.82, 2.24) is 0 Å². The number of anilines is 1. The average molecular weight is 403 g/mol. The Balaban J connectivity index is 1.75. The quantitative estimate of drug-likeness (QED) is 0.368. The molecule has 0 aliphatic carbocycles. The predicted molar refractivity (Wildman–Crippen MR) is 104 cm³/mol. The van der Waals surface area contributed by atoms with Gasteiger partial charge in [0.2, 0.25) is 0 Å². The molecule has 0 unspecified atom stereocenters. The van der Waals surface area contributed by atoms with Crippen LogP contribution in [0, 0.1) is 0 Å². The van der Waals surface area contributed by atoms with Gasteiger partial charge in [0.25, 0.3) is 5.91 Å². The first kappa shape index (κ1) is 21.6. The minimum Gasteiger partial charge on any atom is -0.490 e. The van der Waals surface area contributed by atoms with E-state index in [9.17, 15) is 18.4 Å². The van der Waals surface area contributed by atoms with Gasteiger partial charge in [-0.2, -0.15) is 8.78 Å². The summed E-state index contributed by atoms with van der Waals surface area (Å²) in [5.41, 5.74) is 1.10. The van der Waals surface area contributed by atoms with Crippen LogP contribution in [0.4, 0.5) is 14.5 Å². The molecule has 0 saturated heterocycles. The Morgan fingerprint density at radius 3 is 2.31 bits per heavy atom. The molecule has 2 aromatic carbocycles. The number of esters is 1. The van der Waals surface area contributed by atoms with Gasteiger partial charge in [0.1, 0.15) is 18.1 Å². The van der Waals surface area contributed by atoms with Crippen LogP contribution in [-0.2, 0) is 14.3 Å². The van der Waals surface area contributed by atoms with E-state index in [1.54, 1.807) is 36.4 Å². The van der Waals surface area contributed by atoms with Crippen molar-refractivity contribution in [3.8, 4) is 11.5 Å². The van der Waals surface area contributed by atoms with E-state index in [1.165, 1.54) is 30.3 Å². The topological polar surface area (TPSA) is 73.9 Å². The minimum absolute atomic E-state index is 0.0325. The summed E-state index contributed by atoms with van der Waals surface area (Å²) in [6, 6.07) is 12.4. The number of alkyl halides is 2. The summed E-state index contributed by atoms with van der Waals surface area (Å²) in [4.78, 5) is 23.5. The highest BCUT2D eigenvalue weighted by molar-refractivity contribution is 5.94. The molecule has 2 aromatic rings. The highest BCUT2D eigenvalue weighted by atomic mass is 19.3. The van der Waals surface area contributed by atoms with E-state index in [4.69, 9.17) is 9.47 Å². The van der Waals surface area contributed by atoms with E-state index < -0.39 is 25.1 Å². The normalized spacial score (nSPS) is 10.6. The van der Waals surface area contributed by atoms with Gasteiger partial charge in [-0.3, -0.25) is 4.79 Å². The van der Waals surface area contributed by atoms with Crippen LogP contribution in [0.25, 0.3) is 6.08 Å². The van der Waals surface area contributed by atoms with Gasteiger partial charge < -0.3 is 19.5 Å². The second kappa shape index (κ2) is 11.2. The molecule has 0 spiro atoms. The van der Waals surface area contributed by atoms with Crippen LogP contribution < -0.4 is 14.8 Å². The molecule has 29 heavy (non-hydrogen) atoms. The number of ether oxygens (including phenoxy) is 3. The maximum Gasteiger partial charge on any atom is 0.387 e. The summed E-state index contributed by atoms with van der Waals surface area (Å²) < 4.78 is 38.6. The molecule has 0 heterocycles. The zero-order valence-electron chi connectivity index (χ0n) is 15.3. The smallest absolute Gasteiger partial charge is 0.387 e. The summed E-state index contributed by atoms with van der Waals surface area (Å²) in [5, 5.41) is 2.47. The van der Waals surface area contributed by atoms with Crippen molar-refractivity contribution in [1.29, 1.82) is 0 Å². The monoisotopic (exact) mass is 403 g/mol. The lowest BCUT2D eigenvalue weighted by Gasteiger charge is -2.07. The fraction of sp³-hybridized carbons (Fsp3) is 0.143. The lowest BCUT2D eigenvalue weighted by molar-refractivity contribution is -0.142. The third-order valence-electron chi connectivity index (χ3n) is 3.37. The van der Waals surface area contributed by atoms with E-state index in [-0.39, 0.29) is 5.75 Å². The second-order valence-corrected chi connectivity index (χ2v) is 5.56. The Hall–Kier alpha value is -3.68. The Morgan fingerprint density at radius 2 is 1.69 bits per heavy atom. The molecule has 0 fully saturated rings. The molecule has 0 saturated carbocycles. The molecule has 0 aromatic heterocycles. The van der Waals surface area contributed by atoms with Gasteiger partial charge in [0, 0.05) is 11.8 Å². The standard InChI is InChI=1S/C21H19F2NO5/c1-2-13-27-17-8-3-15(4-9-17)5-12-20(26)28-14-19(25)24-16-6-10-18(11-7-16)29-21(22)23/h2-12,21H,1,13-14H2,(H,24,25)/b12-5+. The molecule has 6 nitrogen and oxygen atoms in total. The summed E-state index contributed by atoms with van der Waals surface area (Å²) in [5.74, 6) is -0.615. The van der Waals surface area contributed by atoms with Crippen LogP contribution in [0.3, 0.4) is 0 Å². The van der Waals surface area contributed by atoms with E-state index in [0.29, 0.717) is 18.0 Å². The Labute approximate surface area is 166 Å². The van der Waals surface area contributed by atoms with Crippen LogP contribution in [-0.4, -0.2) is 31.7 Å². The van der Waals surface area contributed by atoms with Gasteiger partial charge >= 0.3 is 12.6 Å². The highest BCUT2D eigenvalue weighted by Gasteiger charge is 2.07. The van der Waals surface area contributed by atoms with Crippen LogP contribution >= 0.6 is 0 Å². The molecule has 0 atom stereocenters. The van der Waals surface area contributed by atoms with Crippen molar-refractivity contribution in [3.63, 3.8) is 0 Å².